The van der Waals surface area contributed by atoms with Crippen LogP contribution in [-0.2, 0) is 4.74 Å². The molecule has 0 atom stereocenters. The number of rotatable bonds is 5. The molecule has 0 aliphatic rings. The monoisotopic (exact) mass is 293 g/mol. The van der Waals surface area contributed by atoms with Crippen LogP contribution in [0.2, 0.25) is 0 Å². The van der Waals surface area contributed by atoms with Crippen molar-refractivity contribution in [1.82, 2.24) is 9.97 Å². The van der Waals surface area contributed by atoms with Crippen molar-refractivity contribution in [3.8, 4) is 5.75 Å². The second-order valence-electron chi connectivity index (χ2n) is 4.13. The average Bonchev–Trinajstić information content (AvgIpc) is 2.81. The minimum absolute atomic E-state index is 0.121. The van der Waals surface area contributed by atoms with E-state index >= 15 is 0 Å². The molecule has 0 radical (unpaired) electrons. The molecule has 2 aromatic heterocycles. The first-order chi connectivity index (χ1) is 9.58. The number of ether oxygens (including phenoxy) is 2. The fraction of sp³-hybridized carbons (Fsp3) is 0.308. The summed E-state index contributed by atoms with van der Waals surface area (Å²) in [6, 6.07) is 3.31. The maximum absolute atomic E-state index is 12.1. The normalized spacial score (nSPS) is 10.3. The van der Waals surface area contributed by atoms with Crippen LogP contribution in [0, 0.1) is 13.8 Å². The van der Waals surface area contributed by atoms with Gasteiger partial charge in [0.25, 0.3) is 5.91 Å². The van der Waals surface area contributed by atoms with Crippen molar-refractivity contribution < 1.29 is 14.3 Å². The predicted molar refractivity (Wildman–Crippen MR) is 76.3 cm³/mol. The van der Waals surface area contributed by atoms with Crippen LogP contribution in [0.1, 0.15) is 21.9 Å². The van der Waals surface area contributed by atoms with E-state index in [1.165, 1.54) is 18.4 Å². The highest BCUT2D eigenvalue weighted by Gasteiger charge is 2.12. The van der Waals surface area contributed by atoms with Crippen molar-refractivity contribution in [3.63, 3.8) is 0 Å². The molecular weight excluding hydrogens is 278 g/mol. The fourth-order valence-corrected chi connectivity index (χ4v) is 2.22. The summed E-state index contributed by atoms with van der Waals surface area (Å²) < 4.78 is 10.2. The van der Waals surface area contributed by atoms with Gasteiger partial charge >= 0.3 is 0 Å². The Hall–Kier alpha value is -1.99. The third kappa shape index (κ3) is 3.75. The zero-order chi connectivity index (χ0) is 14.5. The highest BCUT2D eigenvalue weighted by atomic mass is 32.1. The van der Waals surface area contributed by atoms with Crippen molar-refractivity contribution in [2.24, 2.45) is 0 Å². The van der Waals surface area contributed by atoms with Crippen molar-refractivity contribution in [1.29, 1.82) is 0 Å². The van der Waals surface area contributed by atoms with Crippen LogP contribution in [0.4, 0.5) is 5.13 Å². The molecule has 0 saturated heterocycles. The van der Waals surface area contributed by atoms with Gasteiger partial charge in [-0.05, 0) is 13.8 Å². The van der Waals surface area contributed by atoms with E-state index in [4.69, 9.17) is 9.47 Å². The Morgan fingerprint density at radius 1 is 1.30 bits per heavy atom. The topological polar surface area (TPSA) is 73.3 Å². The summed E-state index contributed by atoms with van der Waals surface area (Å²) >= 11 is 1.37. The van der Waals surface area contributed by atoms with Gasteiger partial charge in [-0.2, -0.15) is 0 Å². The van der Waals surface area contributed by atoms with Gasteiger partial charge in [-0.3, -0.25) is 10.1 Å². The number of amides is 1. The van der Waals surface area contributed by atoms with Crippen molar-refractivity contribution in [2.45, 2.75) is 13.8 Å². The predicted octanol–water partition coefficient (Wildman–Crippen LogP) is 2.39. The van der Waals surface area contributed by atoms with Gasteiger partial charge in [0.15, 0.2) is 11.9 Å². The molecule has 0 aliphatic heterocycles. The van der Waals surface area contributed by atoms with Crippen LogP contribution >= 0.6 is 11.3 Å². The molecule has 0 bridgehead atoms. The molecule has 2 rings (SSSR count). The fourth-order valence-electron chi connectivity index (χ4n) is 1.54. The van der Waals surface area contributed by atoms with E-state index in [0.29, 0.717) is 16.6 Å². The number of thiazole rings is 1. The minimum Gasteiger partial charge on any atom is -0.467 e. The lowest BCUT2D eigenvalue weighted by Crippen LogP contribution is -2.14. The summed E-state index contributed by atoms with van der Waals surface area (Å²) in [5.41, 5.74) is 1.84. The number of nitrogens with one attached hydrogen (secondary N) is 1. The molecule has 0 aromatic carbocycles. The highest BCUT2D eigenvalue weighted by molar-refractivity contribution is 7.13. The Morgan fingerprint density at radius 3 is 2.75 bits per heavy atom. The Bertz CT molecular complexity index is 613. The van der Waals surface area contributed by atoms with Gasteiger partial charge in [0.05, 0.1) is 5.69 Å². The van der Waals surface area contributed by atoms with E-state index in [1.807, 2.05) is 12.3 Å². The number of hydrogen-bond donors (Lipinski definition) is 1. The molecule has 0 saturated carbocycles. The number of pyridine rings is 1. The van der Waals surface area contributed by atoms with E-state index < -0.39 is 0 Å². The van der Waals surface area contributed by atoms with Gasteiger partial charge in [-0.1, -0.05) is 0 Å². The molecule has 106 valence electrons. The van der Waals surface area contributed by atoms with Crippen LogP contribution in [0.15, 0.2) is 17.5 Å². The third-order valence-corrected chi connectivity index (χ3v) is 3.22. The van der Waals surface area contributed by atoms with Crippen LogP contribution in [-0.4, -0.2) is 29.8 Å². The van der Waals surface area contributed by atoms with Gasteiger partial charge in [0.2, 0.25) is 0 Å². The molecule has 6 nitrogen and oxygen atoms in total. The van der Waals surface area contributed by atoms with Gasteiger partial charge in [-0.25, -0.2) is 9.97 Å². The summed E-state index contributed by atoms with van der Waals surface area (Å²) in [6.45, 7) is 3.79. The molecule has 2 aromatic rings. The van der Waals surface area contributed by atoms with E-state index in [9.17, 15) is 4.79 Å². The van der Waals surface area contributed by atoms with Gasteiger partial charge in [0, 0.05) is 30.3 Å². The molecule has 0 fully saturated rings. The lowest BCUT2D eigenvalue weighted by atomic mass is 10.3. The molecular formula is C13H15N3O3S. The van der Waals surface area contributed by atoms with Gasteiger partial charge in [0.1, 0.15) is 11.4 Å². The second-order valence-corrected chi connectivity index (χ2v) is 4.99. The van der Waals surface area contributed by atoms with Crippen LogP contribution in [0.3, 0.4) is 0 Å². The molecule has 0 unspecified atom stereocenters. The van der Waals surface area contributed by atoms with Crippen molar-refractivity contribution in [3.05, 3.63) is 34.6 Å². The first kappa shape index (κ1) is 14.4. The first-order valence-electron chi connectivity index (χ1n) is 5.92. The average molecular weight is 293 g/mol. The quantitative estimate of drug-likeness (QED) is 0.857. The molecule has 1 amide bonds. The Kier molecular flexibility index (Phi) is 4.65. The zero-order valence-electron chi connectivity index (χ0n) is 11.5. The SMILES string of the molecule is COCOc1cc(C)nc(C(=O)Nc2nc(C)cs2)c1. The number of methoxy groups -OCH3 is 1. The number of hydrogen-bond acceptors (Lipinski definition) is 6. The number of anilines is 1. The number of nitrogens with zero attached hydrogens (tertiary/aromatic N) is 2. The summed E-state index contributed by atoms with van der Waals surface area (Å²) in [5.74, 6) is 0.227. The number of carbonyl (C=O) groups is 1. The lowest BCUT2D eigenvalue weighted by Gasteiger charge is -2.08. The smallest absolute Gasteiger partial charge is 0.276 e. The van der Waals surface area contributed by atoms with E-state index in [2.05, 4.69) is 15.3 Å². The number of carbonyl (C=O) groups excluding carboxylic acids is 1. The lowest BCUT2D eigenvalue weighted by molar-refractivity contribution is 0.0509. The molecule has 0 spiro atoms. The molecule has 7 heteroatoms. The largest absolute Gasteiger partial charge is 0.467 e. The summed E-state index contributed by atoms with van der Waals surface area (Å²) in [7, 11) is 1.53. The minimum atomic E-state index is -0.315. The maximum atomic E-state index is 12.1. The van der Waals surface area contributed by atoms with Crippen LogP contribution < -0.4 is 10.1 Å². The molecule has 0 aliphatic carbocycles. The summed E-state index contributed by atoms with van der Waals surface area (Å²) in [6.07, 6.45) is 0. The second kappa shape index (κ2) is 6.44. The third-order valence-electron chi connectivity index (χ3n) is 2.34. The molecule has 20 heavy (non-hydrogen) atoms. The van der Waals surface area contributed by atoms with Crippen LogP contribution in [0.25, 0.3) is 0 Å². The number of aromatic nitrogens is 2. The Balaban J connectivity index is 2.14. The van der Waals surface area contributed by atoms with Gasteiger partial charge in [-0.15, -0.1) is 11.3 Å². The zero-order valence-corrected chi connectivity index (χ0v) is 12.3. The highest BCUT2D eigenvalue weighted by Crippen LogP contribution is 2.18. The van der Waals surface area contributed by atoms with Gasteiger partial charge < -0.3 is 9.47 Å². The van der Waals surface area contributed by atoms with E-state index in [0.717, 1.165) is 5.69 Å². The van der Waals surface area contributed by atoms with E-state index in [-0.39, 0.29) is 18.4 Å². The summed E-state index contributed by atoms with van der Waals surface area (Å²) in [5, 5.41) is 5.13. The standard InChI is InChI=1S/C13H15N3O3S/c1-8-4-10(19-7-18-3)5-11(14-8)12(17)16-13-15-9(2)6-20-13/h4-6H,7H2,1-3H3,(H,15,16,17). The Morgan fingerprint density at radius 2 is 2.10 bits per heavy atom. The van der Waals surface area contributed by atoms with Crippen LogP contribution in [0.5, 0.6) is 5.75 Å². The van der Waals surface area contributed by atoms with Crippen molar-refractivity contribution in [2.75, 3.05) is 19.2 Å². The maximum Gasteiger partial charge on any atom is 0.276 e. The summed E-state index contributed by atoms with van der Waals surface area (Å²) in [4.78, 5) is 20.5. The van der Waals surface area contributed by atoms with Crippen molar-refractivity contribution >= 4 is 22.4 Å². The molecule has 1 N–H and O–H groups in total. The van der Waals surface area contributed by atoms with E-state index in [1.54, 1.807) is 19.1 Å². The Labute approximate surface area is 120 Å². The first-order valence-corrected chi connectivity index (χ1v) is 6.80. The number of aryl methyl sites for hydroxylation is 2. The molecule has 2 heterocycles.